The maximum Gasteiger partial charge on any atom is 0.161 e. The Balaban J connectivity index is 1.73. The zero-order valence-corrected chi connectivity index (χ0v) is 13.3. The molecule has 0 bridgehead atoms. The SMILES string of the molecule is Cc1cc(NC2=NC3(CCOCC3)CS2)ccc1Br. The van der Waals surface area contributed by atoms with Crippen molar-refractivity contribution in [3.05, 3.63) is 28.2 Å². The van der Waals surface area contributed by atoms with Gasteiger partial charge in [-0.15, -0.1) is 0 Å². The predicted molar refractivity (Wildman–Crippen MR) is 85.2 cm³/mol. The van der Waals surface area contributed by atoms with E-state index >= 15 is 0 Å². The van der Waals surface area contributed by atoms with Crippen molar-refractivity contribution < 1.29 is 4.74 Å². The lowest BCUT2D eigenvalue weighted by atomic mass is 9.93. The Labute approximate surface area is 126 Å². The molecule has 1 aromatic carbocycles. The summed E-state index contributed by atoms with van der Waals surface area (Å²) in [6.07, 6.45) is 2.09. The van der Waals surface area contributed by atoms with Gasteiger partial charge in [0.25, 0.3) is 0 Å². The van der Waals surface area contributed by atoms with E-state index in [1.807, 2.05) is 11.8 Å². The summed E-state index contributed by atoms with van der Waals surface area (Å²) in [4.78, 5) is 4.90. The highest BCUT2D eigenvalue weighted by Crippen LogP contribution is 2.36. The van der Waals surface area contributed by atoms with Gasteiger partial charge in [-0.25, -0.2) is 0 Å². The number of ether oxygens (including phenoxy) is 1. The van der Waals surface area contributed by atoms with Crippen molar-refractivity contribution >= 4 is 38.5 Å². The molecule has 1 fully saturated rings. The quantitative estimate of drug-likeness (QED) is 0.843. The van der Waals surface area contributed by atoms with Crippen LogP contribution >= 0.6 is 27.7 Å². The minimum Gasteiger partial charge on any atom is -0.381 e. The molecule has 3 rings (SSSR count). The second-order valence-corrected chi connectivity index (χ2v) is 6.95. The lowest BCUT2D eigenvalue weighted by Gasteiger charge is -2.29. The lowest BCUT2D eigenvalue weighted by molar-refractivity contribution is 0.0624. The van der Waals surface area contributed by atoms with Crippen LogP contribution in [0.5, 0.6) is 0 Å². The Morgan fingerprint density at radius 3 is 2.89 bits per heavy atom. The third-order valence-corrected chi connectivity index (χ3v) is 5.69. The maximum atomic E-state index is 5.43. The minimum absolute atomic E-state index is 0.121. The highest BCUT2D eigenvalue weighted by molar-refractivity contribution is 9.10. The van der Waals surface area contributed by atoms with E-state index in [1.54, 1.807) is 0 Å². The lowest BCUT2D eigenvalue weighted by Crippen LogP contribution is -2.34. The molecule has 0 saturated carbocycles. The van der Waals surface area contributed by atoms with Gasteiger partial charge in [0.15, 0.2) is 5.17 Å². The van der Waals surface area contributed by atoms with Gasteiger partial charge in [0, 0.05) is 29.1 Å². The standard InChI is InChI=1S/C14H17BrN2OS/c1-10-8-11(2-3-12(10)15)16-13-17-14(9-19-13)4-6-18-7-5-14/h2-3,8H,4-7,9H2,1H3,(H,16,17). The van der Waals surface area contributed by atoms with Gasteiger partial charge < -0.3 is 10.1 Å². The number of aliphatic imine (C=N–C) groups is 1. The Kier molecular flexibility index (Phi) is 3.87. The van der Waals surface area contributed by atoms with Crippen molar-refractivity contribution in [1.82, 2.24) is 0 Å². The first-order chi connectivity index (χ1) is 9.17. The third kappa shape index (κ3) is 2.98. The van der Waals surface area contributed by atoms with Crippen LogP contribution in [-0.2, 0) is 4.74 Å². The molecule has 0 amide bonds. The Morgan fingerprint density at radius 2 is 2.16 bits per heavy atom. The second kappa shape index (κ2) is 5.46. The first kappa shape index (κ1) is 13.5. The number of nitrogens with one attached hydrogen (secondary N) is 1. The van der Waals surface area contributed by atoms with Crippen molar-refractivity contribution in [2.75, 3.05) is 24.3 Å². The average molecular weight is 341 g/mol. The molecule has 1 saturated heterocycles. The summed E-state index contributed by atoms with van der Waals surface area (Å²) in [5.41, 5.74) is 2.46. The molecule has 5 heteroatoms. The molecular formula is C14H17BrN2OS. The van der Waals surface area contributed by atoms with Gasteiger partial charge in [0.2, 0.25) is 0 Å². The monoisotopic (exact) mass is 340 g/mol. The van der Waals surface area contributed by atoms with E-state index in [0.717, 1.165) is 47.1 Å². The van der Waals surface area contributed by atoms with E-state index in [1.165, 1.54) is 5.56 Å². The first-order valence-electron chi connectivity index (χ1n) is 6.51. The van der Waals surface area contributed by atoms with Crippen molar-refractivity contribution in [3.63, 3.8) is 0 Å². The summed E-state index contributed by atoms with van der Waals surface area (Å²) in [7, 11) is 0. The average Bonchev–Trinajstić information content (AvgIpc) is 2.78. The molecule has 0 unspecified atom stereocenters. The molecule has 1 aromatic rings. The third-order valence-electron chi connectivity index (χ3n) is 3.65. The summed E-state index contributed by atoms with van der Waals surface area (Å²) >= 11 is 5.35. The highest BCUT2D eigenvalue weighted by Gasteiger charge is 2.37. The largest absolute Gasteiger partial charge is 0.381 e. The molecule has 2 aliphatic heterocycles. The van der Waals surface area contributed by atoms with Crippen LogP contribution in [0.4, 0.5) is 5.69 Å². The number of benzene rings is 1. The molecule has 0 aromatic heterocycles. The first-order valence-corrected chi connectivity index (χ1v) is 8.28. The Hall–Kier alpha value is -0.520. The Morgan fingerprint density at radius 1 is 1.37 bits per heavy atom. The van der Waals surface area contributed by atoms with Gasteiger partial charge in [-0.2, -0.15) is 0 Å². The van der Waals surface area contributed by atoms with Crippen molar-refractivity contribution in [2.45, 2.75) is 25.3 Å². The Bertz CT molecular complexity index is 512. The van der Waals surface area contributed by atoms with Crippen molar-refractivity contribution in [3.8, 4) is 0 Å². The zero-order chi connectivity index (χ0) is 13.3. The molecule has 102 valence electrons. The van der Waals surface area contributed by atoms with E-state index in [4.69, 9.17) is 9.73 Å². The highest BCUT2D eigenvalue weighted by atomic mass is 79.9. The molecule has 0 radical (unpaired) electrons. The van der Waals surface area contributed by atoms with Gasteiger partial charge in [0.1, 0.15) is 0 Å². The molecule has 1 N–H and O–H groups in total. The number of halogens is 1. The zero-order valence-electron chi connectivity index (χ0n) is 10.9. The summed E-state index contributed by atoms with van der Waals surface area (Å²) in [5, 5.41) is 4.48. The summed E-state index contributed by atoms with van der Waals surface area (Å²) in [6, 6.07) is 6.29. The van der Waals surface area contributed by atoms with Crippen LogP contribution < -0.4 is 5.32 Å². The normalized spacial score (nSPS) is 21.5. The van der Waals surface area contributed by atoms with Crippen LogP contribution in [0.1, 0.15) is 18.4 Å². The second-order valence-electron chi connectivity index (χ2n) is 5.13. The summed E-state index contributed by atoms with van der Waals surface area (Å²) in [5.74, 6) is 1.08. The maximum absolute atomic E-state index is 5.43. The van der Waals surface area contributed by atoms with Crippen LogP contribution in [0.2, 0.25) is 0 Å². The van der Waals surface area contributed by atoms with Crippen LogP contribution in [0.3, 0.4) is 0 Å². The summed E-state index contributed by atoms with van der Waals surface area (Å²) in [6.45, 7) is 3.78. The number of anilines is 1. The van der Waals surface area contributed by atoms with Crippen LogP contribution in [-0.4, -0.2) is 29.7 Å². The van der Waals surface area contributed by atoms with Gasteiger partial charge >= 0.3 is 0 Å². The van der Waals surface area contributed by atoms with E-state index in [-0.39, 0.29) is 5.54 Å². The molecule has 2 aliphatic rings. The minimum atomic E-state index is 0.121. The van der Waals surface area contributed by atoms with Gasteiger partial charge in [-0.05, 0) is 43.5 Å². The van der Waals surface area contributed by atoms with E-state index in [0.29, 0.717) is 0 Å². The van der Waals surface area contributed by atoms with Crippen molar-refractivity contribution in [2.24, 2.45) is 4.99 Å². The molecule has 0 atom stereocenters. The topological polar surface area (TPSA) is 33.6 Å². The van der Waals surface area contributed by atoms with E-state index < -0.39 is 0 Å². The number of amidine groups is 1. The number of hydrogen-bond donors (Lipinski definition) is 1. The van der Waals surface area contributed by atoms with Gasteiger partial charge in [-0.3, -0.25) is 4.99 Å². The molecule has 2 heterocycles. The fourth-order valence-corrected chi connectivity index (χ4v) is 3.85. The van der Waals surface area contributed by atoms with E-state index in [2.05, 4.69) is 46.4 Å². The van der Waals surface area contributed by atoms with Gasteiger partial charge in [0.05, 0.1) is 5.54 Å². The van der Waals surface area contributed by atoms with Crippen molar-refractivity contribution in [1.29, 1.82) is 0 Å². The number of nitrogens with zero attached hydrogens (tertiary/aromatic N) is 1. The molecular weight excluding hydrogens is 324 g/mol. The number of thioether (sulfide) groups is 1. The van der Waals surface area contributed by atoms with E-state index in [9.17, 15) is 0 Å². The van der Waals surface area contributed by atoms with Crippen LogP contribution in [0.25, 0.3) is 0 Å². The predicted octanol–water partition coefficient (Wildman–Crippen LogP) is 3.82. The van der Waals surface area contributed by atoms with Crippen LogP contribution in [0, 0.1) is 6.92 Å². The summed E-state index contributed by atoms with van der Waals surface area (Å²) < 4.78 is 6.57. The fourth-order valence-electron chi connectivity index (χ4n) is 2.40. The van der Waals surface area contributed by atoms with Crippen LogP contribution in [0.15, 0.2) is 27.7 Å². The molecule has 3 nitrogen and oxygen atoms in total. The smallest absolute Gasteiger partial charge is 0.161 e. The molecule has 1 spiro atoms. The molecule has 0 aliphatic carbocycles. The number of aryl methyl sites for hydroxylation is 1. The van der Waals surface area contributed by atoms with Gasteiger partial charge in [-0.1, -0.05) is 27.7 Å². The molecule has 19 heavy (non-hydrogen) atoms. The number of hydrogen-bond acceptors (Lipinski definition) is 4. The fraction of sp³-hybridized carbons (Fsp3) is 0.500. The number of rotatable bonds is 1.